The van der Waals surface area contributed by atoms with E-state index in [1.165, 1.54) is 12.8 Å². The lowest BCUT2D eigenvalue weighted by atomic mass is 10.0. The van der Waals surface area contributed by atoms with Crippen molar-refractivity contribution in [3.63, 3.8) is 0 Å². The summed E-state index contributed by atoms with van der Waals surface area (Å²) < 4.78 is 0. The van der Waals surface area contributed by atoms with Crippen LogP contribution in [0, 0.1) is 0 Å². The van der Waals surface area contributed by atoms with E-state index in [1.807, 2.05) is 0 Å². The Labute approximate surface area is 86.8 Å². The number of aliphatic hydroxyl groups is 3. The Hall–Kier alpha value is -0.120. The number of rotatable bonds is 9. The Kier molecular flexibility index (Phi) is 9.35. The van der Waals surface area contributed by atoms with E-state index >= 15 is 0 Å². The lowest BCUT2D eigenvalue weighted by molar-refractivity contribution is 0.0790. The van der Waals surface area contributed by atoms with E-state index in [4.69, 9.17) is 10.2 Å². The van der Waals surface area contributed by atoms with Crippen molar-refractivity contribution in [3.05, 3.63) is 0 Å². The van der Waals surface area contributed by atoms with Crippen LogP contribution in [0.4, 0.5) is 0 Å². The fourth-order valence-corrected chi connectivity index (χ4v) is 1.45. The molecule has 0 saturated carbocycles. The molecule has 0 rings (SSSR count). The first kappa shape index (κ1) is 13.9. The van der Waals surface area contributed by atoms with Gasteiger partial charge in [-0.1, -0.05) is 26.2 Å². The average Bonchev–Trinajstić information content (AvgIpc) is 2.18. The lowest BCUT2D eigenvalue weighted by Gasteiger charge is -2.11. The summed E-state index contributed by atoms with van der Waals surface area (Å²) in [7, 11) is 0. The number of hydrogen-bond donors (Lipinski definition) is 3. The second-order valence-corrected chi connectivity index (χ2v) is 3.92. The van der Waals surface area contributed by atoms with Gasteiger partial charge in [0.1, 0.15) is 0 Å². The van der Waals surface area contributed by atoms with Crippen LogP contribution in [-0.2, 0) is 0 Å². The third-order valence-electron chi connectivity index (χ3n) is 2.43. The van der Waals surface area contributed by atoms with Gasteiger partial charge in [0.2, 0.25) is 0 Å². The van der Waals surface area contributed by atoms with Gasteiger partial charge in [0.05, 0.1) is 18.8 Å². The smallest absolute Gasteiger partial charge is 0.0771 e. The van der Waals surface area contributed by atoms with Crippen LogP contribution in [0.25, 0.3) is 0 Å². The molecule has 0 fully saturated rings. The van der Waals surface area contributed by atoms with Crippen molar-refractivity contribution in [2.45, 2.75) is 64.1 Å². The molecule has 0 amide bonds. The number of hydrogen-bond acceptors (Lipinski definition) is 3. The van der Waals surface area contributed by atoms with Gasteiger partial charge in [-0.3, -0.25) is 0 Å². The normalized spacial score (nSPS) is 15.4. The number of aliphatic hydroxyl groups excluding tert-OH is 3. The van der Waals surface area contributed by atoms with Crippen LogP contribution in [0.2, 0.25) is 0 Å². The Morgan fingerprint density at radius 3 is 2.00 bits per heavy atom. The van der Waals surface area contributed by atoms with Gasteiger partial charge in [-0.15, -0.1) is 0 Å². The fraction of sp³-hybridized carbons (Fsp3) is 1.00. The molecule has 0 spiro atoms. The van der Waals surface area contributed by atoms with Crippen molar-refractivity contribution in [3.8, 4) is 0 Å². The minimum atomic E-state index is -0.613. The van der Waals surface area contributed by atoms with Crippen LogP contribution in [0.3, 0.4) is 0 Å². The van der Waals surface area contributed by atoms with E-state index in [0.717, 1.165) is 25.7 Å². The van der Waals surface area contributed by atoms with Crippen molar-refractivity contribution in [2.75, 3.05) is 6.61 Å². The molecule has 0 aliphatic carbocycles. The van der Waals surface area contributed by atoms with Gasteiger partial charge in [0, 0.05) is 0 Å². The molecule has 0 heterocycles. The molecule has 0 bridgehead atoms. The van der Waals surface area contributed by atoms with Gasteiger partial charge in [-0.05, 0) is 25.7 Å². The van der Waals surface area contributed by atoms with Gasteiger partial charge in [0.25, 0.3) is 0 Å². The Bertz CT molecular complexity index is 117. The predicted octanol–water partition coefficient (Wildman–Crippen LogP) is 1.45. The molecule has 2 atom stereocenters. The third-order valence-corrected chi connectivity index (χ3v) is 2.43. The zero-order valence-corrected chi connectivity index (χ0v) is 9.15. The van der Waals surface area contributed by atoms with Gasteiger partial charge in [-0.25, -0.2) is 0 Å². The summed E-state index contributed by atoms with van der Waals surface area (Å²) in [4.78, 5) is 0. The molecule has 0 aromatic carbocycles. The van der Waals surface area contributed by atoms with E-state index in [0.29, 0.717) is 6.42 Å². The highest BCUT2D eigenvalue weighted by Gasteiger charge is 2.06. The fourth-order valence-electron chi connectivity index (χ4n) is 1.45. The van der Waals surface area contributed by atoms with Crippen LogP contribution in [-0.4, -0.2) is 34.1 Å². The van der Waals surface area contributed by atoms with Gasteiger partial charge in [-0.2, -0.15) is 0 Å². The summed E-state index contributed by atoms with van der Waals surface area (Å²) in [6.07, 6.45) is 5.57. The van der Waals surface area contributed by atoms with E-state index < -0.39 is 6.10 Å². The van der Waals surface area contributed by atoms with Gasteiger partial charge >= 0.3 is 0 Å². The quantitative estimate of drug-likeness (QED) is 0.498. The highest BCUT2D eigenvalue weighted by Crippen LogP contribution is 2.10. The Morgan fingerprint density at radius 2 is 1.43 bits per heavy atom. The first-order chi connectivity index (χ1) is 6.70. The molecule has 0 saturated heterocycles. The van der Waals surface area contributed by atoms with Gasteiger partial charge in [0.15, 0.2) is 0 Å². The Morgan fingerprint density at radius 1 is 0.857 bits per heavy atom. The van der Waals surface area contributed by atoms with Crippen molar-refractivity contribution < 1.29 is 15.3 Å². The first-order valence-electron chi connectivity index (χ1n) is 5.67. The molecule has 14 heavy (non-hydrogen) atoms. The van der Waals surface area contributed by atoms with E-state index in [1.54, 1.807) is 0 Å². The molecule has 2 unspecified atom stereocenters. The summed E-state index contributed by atoms with van der Waals surface area (Å²) in [5.41, 5.74) is 0. The SMILES string of the molecule is CCCCCC(O)CCCC(O)CO. The van der Waals surface area contributed by atoms with Crippen molar-refractivity contribution in [2.24, 2.45) is 0 Å². The second kappa shape index (κ2) is 9.44. The summed E-state index contributed by atoms with van der Waals surface area (Å²) in [5, 5.41) is 27.1. The van der Waals surface area contributed by atoms with E-state index in [2.05, 4.69) is 6.92 Å². The maximum absolute atomic E-state index is 9.52. The predicted molar refractivity (Wildman–Crippen MR) is 57.1 cm³/mol. The zero-order valence-electron chi connectivity index (χ0n) is 9.15. The van der Waals surface area contributed by atoms with Crippen molar-refractivity contribution >= 4 is 0 Å². The van der Waals surface area contributed by atoms with E-state index in [9.17, 15) is 5.11 Å². The molecule has 0 aliphatic rings. The standard InChI is InChI=1S/C11H24O3/c1-2-3-4-6-10(13)7-5-8-11(14)9-12/h10-14H,2-9H2,1H3. The minimum absolute atomic E-state index is 0.175. The molecule has 0 aliphatic heterocycles. The molecule has 86 valence electrons. The first-order valence-corrected chi connectivity index (χ1v) is 5.67. The van der Waals surface area contributed by atoms with Gasteiger partial charge < -0.3 is 15.3 Å². The van der Waals surface area contributed by atoms with Crippen LogP contribution < -0.4 is 0 Å². The number of unbranched alkanes of at least 4 members (excludes halogenated alkanes) is 2. The van der Waals surface area contributed by atoms with Crippen molar-refractivity contribution in [1.29, 1.82) is 0 Å². The molecule has 3 heteroatoms. The molecule has 0 radical (unpaired) electrons. The molecule has 3 N–H and O–H groups in total. The highest BCUT2D eigenvalue weighted by atomic mass is 16.3. The van der Waals surface area contributed by atoms with Crippen LogP contribution in [0.1, 0.15) is 51.9 Å². The average molecular weight is 204 g/mol. The monoisotopic (exact) mass is 204 g/mol. The zero-order chi connectivity index (χ0) is 10.8. The third kappa shape index (κ3) is 8.48. The maximum Gasteiger partial charge on any atom is 0.0771 e. The molecular weight excluding hydrogens is 180 g/mol. The molecular formula is C11H24O3. The topological polar surface area (TPSA) is 60.7 Å². The maximum atomic E-state index is 9.52. The van der Waals surface area contributed by atoms with Crippen LogP contribution >= 0.6 is 0 Å². The van der Waals surface area contributed by atoms with Crippen molar-refractivity contribution in [1.82, 2.24) is 0 Å². The lowest BCUT2D eigenvalue weighted by Crippen LogP contribution is -2.13. The summed E-state index contributed by atoms with van der Waals surface area (Å²) >= 11 is 0. The Balaban J connectivity index is 3.21. The molecule has 0 aromatic rings. The van der Waals surface area contributed by atoms with Crippen LogP contribution in [0.15, 0.2) is 0 Å². The summed E-state index contributed by atoms with van der Waals surface area (Å²) in [6.45, 7) is 1.97. The van der Waals surface area contributed by atoms with Crippen LogP contribution in [0.5, 0.6) is 0 Å². The van der Waals surface area contributed by atoms with E-state index in [-0.39, 0.29) is 12.7 Å². The second-order valence-electron chi connectivity index (χ2n) is 3.92. The largest absolute Gasteiger partial charge is 0.394 e. The highest BCUT2D eigenvalue weighted by molar-refractivity contribution is 4.59. The minimum Gasteiger partial charge on any atom is -0.394 e. The summed E-state index contributed by atoms with van der Waals surface area (Å²) in [6, 6.07) is 0. The molecule has 3 nitrogen and oxygen atoms in total. The summed E-state index contributed by atoms with van der Waals surface area (Å²) in [5.74, 6) is 0. The molecule has 0 aromatic heterocycles.